The molecule has 0 aromatic heterocycles. The number of β-amino-alcohol motifs (C(OH)–C–C–N with tert-alkyl or cyclic N) is 1. The van der Waals surface area contributed by atoms with Crippen LogP contribution in [0.25, 0.3) is 0 Å². The minimum atomic E-state index is -0.396. The highest BCUT2D eigenvalue weighted by Crippen LogP contribution is 2.10. The van der Waals surface area contributed by atoms with Gasteiger partial charge in [0.15, 0.2) is 0 Å². The molecule has 0 saturated carbocycles. The molecule has 6 nitrogen and oxygen atoms in total. The summed E-state index contributed by atoms with van der Waals surface area (Å²) in [4.78, 5) is 24.4. The minimum absolute atomic E-state index is 0.0356. The average molecular weight is 213 g/mol. The Hall–Kier alpha value is -1.14. The number of piperazine rings is 1. The van der Waals surface area contributed by atoms with Crippen LogP contribution in [0.4, 0.5) is 0 Å². The lowest BCUT2D eigenvalue weighted by Gasteiger charge is -2.27. The molecule has 0 aliphatic carbocycles. The molecule has 2 amide bonds. The third-order valence-corrected chi connectivity index (χ3v) is 2.79. The molecular formula is C9H15N3O3. The Bertz CT molecular complexity index is 272. The minimum Gasteiger partial charge on any atom is -0.391 e. The van der Waals surface area contributed by atoms with Crippen molar-refractivity contribution in [2.75, 3.05) is 26.2 Å². The van der Waals surface area contributed by atoms with E-state index in [1.54, 1.807) is 4.90 Å². The van der Waals surface area contributed by atoms with Crippen molar-refractivity contribution in [2.45, 2.75) is 18.6 Å². The molecule has 2 saturated heterocycles. The van der Waals surface area contributed by atoms with Crippen molar-refractivity contribution >= 4 is 11.8 Å². The molecule has 0 aromatic carbocycles. The van der Waals surface area contributed by atoms with E-state index in [2.05, 4.69) is 10.6 Å². The summed E-state index contributed by atoms with van der Waals surface area (Å²) in [6, 6.07) is -0.340. The van der Waals surface area contributed by atoms with Gasteiger partial charge in [-0.3, -0.25) is 14.9 Å². The summed E-state index contributed by atoms with van der Waals surface area (Å²) in [6.45, 7) is 1.54. The molecule has 2 heterocycles. The van der Waals surface area contributed by atoms with Crippen molar-refractivity contribution in [1.29, 1.82) is 0 Å². The number of carbonyl (C=O) groups excluding carboxylic acids is 2. The summed E-state index contributed by atoms with van der Waals surface area (Å²) < 4.78 is 0. The van der Waals surface area contributed by atoms with Gasteiger partial charge in [0.2, 0.25) is 11.8 Å². The Morgan fingerprint density at radius 2 is 2.33 bits per heavy atom. The van der Waals surface area contributed by atoms with Crippen LogP contribution in [0.5, 0.6) is 0 Å². The van der Waals surface area contributed by atoms with Gasteiger partial charge in [0.05, 0.1) is 12.6 Å². The van der Waals surface area contributed by atoms with Gasteiger partial charge in [0.25, 0.3) is 0 Å². The van der Waals surface area contributed by atoms with Gasteiger partial charge in [0, 0.05) is 19.6 Å². The van der Waals surface area contributed by atoms with Gasteiger partial charge in [-0.1, -0.05) is 0 Å². The molecule has 2 atom stereocenters. The lowest BCUT2D eigenvalue weighted by molar-refractivity contribution is -0.134. The second-order valence-corrected chi connectivity index (χ2v) is 3.96. The van der Waals surface area contributed by atoms with Crippen LogP contribution in [0.15, 0.2) is 0 Å². The molecule has 2 unspecified atom stereocenters. The number of nitrogens with one attached hydrogen (secondary N) is 2. The van der Waals surface area contributed by atoms with Gasteiger partial charge in [-0.2, -0.15) is 0 Å². The number of likely N-dealkylation sites (tertiary alicyclic amines) is 1. The van der Waals surface area contributed by atoms with E-state index >= 15 is 0 Å². The smallest absolute Gasteiger partial charge is 0.241 e. The number of aliphatic hydroxyl groups is 1. The van der Waals surface area contributed by atoms with Crippen molar-refractivity contribution in [3.63, 3.8) is 0 Å². The number of aliphatic hydroxyl groups excluding tert-OH is 1. The standard InChI is InChI=1S/C9H15N3O3/c13-6-1-2-12(5-6)9(15)7-3-11-8(14)4-10-7/h6-7,10,13H,1-5H2,(H,11,14). The molecule has 2 aliphatic heterocycles. The second kappa shape index (κ2) is 4.16. The zero-order valence-corrected chi connectivity index (χ0v) is 8.40. The molecule has 0 bridgehead atoms. The van der Waals surface area contributed by atoms with Crippen LogP contribution in [-0.2, 0) is 9.59 Å². The third kappa shape index (κ3) is 2.27. The monoisotopic (exact) mass is 213 g/mol. The lowest BCUT2D eigenvalue weighted by atomic mass is 10.2. The van der Waals surface area contributed by atoms with Crippen LogP contribution in [0.2, 0.25) is 0 Å². The highest BCUT2D eigenvalue weighted by molar-refractivity contribution is 5.87. The summed E-state index contributed by atoms with van der Waals surface area (Å²) >= 11 is 0. The van der Waals surface area contributed by atoms with Crippen molar-refractivity contribution in [2.24, 2.45) is 0 Å². The van der Waals surface area contributed by atoms with E-state index in [9.17, 15) is 14.7 Å². The van der Waals surface area contributed by atoms with E-state index in [-0.39, 0.29) is 24.4 Å². The first-order valence-corrected chi connectivity index (χ1v) is 5.14. The van der Waals surface area contributed by atoms with Crippen LogP contribution in [0.1, 0.15) is 6.42 Å². The van der Waals surface area contributed by atoms with Crippen molar-refractivity contribution in [3.05, 3.63) is 0 Å². The number of carbonyl (C=O) groups is 2. The number of rotatable bonds is 1. The average Bonchev–Trinajstić information content (AvgIpc) is 2.65. The highest BCUT2D eigenvalue weighted by atomic mass is 16.3. The maximum Gasteiger partial charge on any atom is 0.241 e. The van der Waals surface area contributed by atoms with E-state index in [1.807, 2.05) is 0 Å². The lowest BCUT2D eigenvalue weighted by Crippen LogP contribution is -2.58. The summed E-state index contributed by atoms with van der Waals surface area (Å²) in [5.41, 5.74) is 0. The molecule has 0 aromatic rings. The van der Waals surface area contributed by atoms with Crippen LogP contribution >= 0.6 is 0 Å². The fourth-order valence-electron chi connectivity index (χ4n) is 1.90. The van der Waals surface area contributed by atoms with E-state index in [4.69, 9.17) is 0 Å². The fraction of sp³-hybridized carbons (Fsp3) is 0.778. The molecule has 84 valence electrons. The Morgan fingerprint density at radius 3 is 2.87 bits per heavy atom. The van der Waals surface area contributed by atoms with Crippen LogP contribution in [0, 0.1) is 0 Å². The van der Waals surface area contributed by atoms with Gasteiger partial charge in [-0.25, -0.2) is 0 Å². The molecule has 3 N–H and O–H groups in total. The number of nitrogens with zero attached hydrogens (tertiary/aromatic N) is 1. The number of hydrogen-bond acceptors (Lipinski definition) is 4. The number of amides is 2. The molecule has 0 spiro atoms. The molecule has 0 radical (unpaired) electrons. The van der Waals surface area contributed by atoms with Crippen molar-refractivity contribution in [1.82, 2.24) is 15.5 Å². The largest absolute Gasteiger partial charge is 0.391 e. The SMILES string of the molecule is O=C1CNC(C(=O)N2CCC(O)C2)CN1. The van der Waals surface area contributed by atoms with Crippen molar-refractivity contribution in [3.8, 4) is 0 Å². The van der Waals surface area contributed by atoms with Crippen LogP contribution in [-0.4, -0.2) is 60.1 Å². The summed E-state index contributed by atoms with van der Waals surface area (Å²) in [5, 5.41) is 14.8. The Kier molecular flexibility index (Phi) is 2.88. The van der Waals surface area contributed by atoms with E-state index in [0.717, 1.165) is 0 Å². The van der Waals surface area contributed by atoms with Crippen LogP contribution < -0.4 is 10.6 Å². The molecular weight excluding hydrogens is 198 g/mol. The molecule has 2 fully saturated rings. The topological polar surface area (TPSA) is 81.7 Å². The Labute approximate surface area is 87.6 Å². The van der Waals surface area contributed by atoms with Gasteiger partial charge in [-0.05, 0) is 6.42 Å². The maximum absolute atomic E-state index is 11.9. The first kappa shape index (κ1) is 10.4. The van der Waals surface area contributed by atoms with Gasteiger partial charge >= 0.3 is 0 Å². The van der Waals surface area contributed by atoms with E-state index < -0.39 is 6.10 Å². The maximum atomic E-state index is 11.9. The van der Waals surface area contributed by atoms with Gasteiger partial charge < -0.3 is 15.3 Å². The predicted octanol–water partition coefficient (Wildman–Crippen LogP) is -2.33. The zero-order chi connectivity index (χ0) is 10.8. The Balaban J connectivity index is 1.88. The summed E-state index contributed by atoms with van der Waals surface area (Å²) in [5.74, 6) is -0.118. The molecule has 2 rings (SSSR count). The van der Waals surface area contributed by atoms with Gasteiger partial charge in [0.1, 0.15) is 6.04 Å². The van der Waals surface area contributed by atoms with Gasteiger partial charge in [-0.15, -0.1) is 0 Å². The molecule has 2 aliphatic rings. The zero-order valence-electron chi connectivity index (χ0n) is 8.40. The normalized spacial score (nSPS) is 31.5. The molecule has 15 heavy (non-hydrogen) atoms. The fourth-order valence-corrected chi connectivity index (χ4v) is 1.90. The molecule has 6 heteroatoms. The summed E-state index contributed by atoms with van der Waals surface area (Å²) in [6.07, 6.45) is 0.247. The third-order valence-electron chi connectivity index (χ3n) is 2.79. The van der Waals surface area contributed by atoms with E-state index in [0.29, 0.717) is 26.1 Å². The highest BCUT2D eigenvalue weighted by Gasteiger charge is 2.31. The summed E-state index contributed by atoms with van der Waals surface area (Å²) in [7, 11) is 0. The van der Waals surface area contributed by atoms with Crippen LogP contribution in [0.3, 0.4) is 0 Å². The first-order chi connectivity index (χ1) is 7.16. The Morgan fingerprint density at radius 1 is 1.53 bits per heavy atom. The quantitative estimate of drug-likeness (QED) is 0.456. The predicted molar refractivity (Wildman–Crippen MR) is 52.0 cm³/mol. The first-order valence-electron chi connectivity index (χ1n) is 5.14. The second-order valence-electron chi connectivity index (χ2n) is 3.96. The number of hydrogen-bond donors (Lipinski definition) is 3. The van der Waals surface area contributed by atoms with Crippen molar-refractivity contribution < 1.29 is 14.7 Å². The van der Waals surface area contributed by atoms with E-state index in [1.165, 1.54) is 0 Å².